The molecule has 1 aromatic heterocycles. The van der Waals surface area contributed by atoms with Crippen LogP contribution in [0.1, 0.15) is 24.0 Å². The monoisotopic (exact) mass is 438 g/mol. The van der Waals surface area contributed by atoms with Gasteiger partial charge >= 0.3 is 0 Å². The molecule has 2 aromatic carbocycles. The first kappa shape index (κ1) is 19.5. The molecule has 154 valence electrons. The van der Waals surface area contributed by atoms with Crippen molar-refractivity contribution in [3.05, 3.63) is 71.1 Å². The third-order valence-electron chi connectivity index (χ3n) is 5.91. The van der Waals surface area contributed by atoms with E-state index in [4.69, 9.17) is 0 Å². The number of rotatable bonds is 4. The van der Waals surface area contributed by atoms with Crippen LogP contribution in [0.3, 0.4) is 0 Å². The van der Waals surface area contributed by atoms with Crippen LogP contribution in [-0.2, 0) is 21.2 Å². The Morgan fingerprint density at radius 3 is 2.70 bits per heavy atom. The molecule has 1 amide bonds. The van der Waals surface area contributed by atoms with Crippen molar-refractivity contribution in [1.82, 2.24) is 4.31 Å². The fraction of sp³-hybridized carbons (Fsp3) is 0.261. The number of nitrogens with one attached hydrogen (secondary N) is 1. The summed E-state index contributed by atoms with van der Waals surface area (Å²) in [5.41, 5.74) is 5.75. The molecule has 1 saturated heterocycles. The Bertz CT molecular complexity index is 1200. The van der Waals surface area contributed by atoms with Gasteiger partial charge in [-0.05, 0) is 65.1 Å². The molecule has 1 N–H and O–H groups in total. The molecule has 1 aliphatic heterocycles. The number of anilines is 1. The van der Waals surface area contributed by atoms with Gasteiger partial charge in [0, 0.05) is 18.8 Å². The van der Waals surface area contributed by atoms with Crippen LogP contribution in [0.4, 0.5) is 5.69 Å². The van der Waals surface area contributed by atoms with Crippen molar-refractivity contribution >= 4 is 33.0 Å². The van der Waals surface area contributed by atoms with E-state index >= 15 is 0 Å². The van der Waals surface area contributed by atoms with E-state index in [9.17, 15) is 13.2 Å². The highest BCUT2D eigenvalue weighted by Gasteiger charge is 2.34. The second-order valence-corrected chi connectivity index (χ2v) is 10.9. The molecule has 3 aromatic rings. The molecule has 1 atom stereocenters. The van der Waals surface area contributed by atoms with Crippen molar-refractivity contribution in [2.45, 2.75) is 23.5 Å². The third kappa shape index (κ3) is 3.47. The summed E-state index contributed by atoms with van der Waals surface area (Å²) >= 11 is 1.21. The average molecular weight is 439 g/mol. The Morgan fingerprint density at radius 2 is 1.87 bits per heavy atom. The van der Waals surface area contributed by atoms with Crippen LogP contribution < -0.4 is 5.32 Å². The highest BCUT2D eigenvalue weighted by atomic mass is 32.2. The highest BCUT2D eigenvalue weighted by molar-refractivity contribution is 7.91. The first-order valence-corrected chi connectivity index (χ1v) is 12.4. The Hall–Kier alpha value is -2.48. The van der Waals surface area contributed by atoms with Crippen LogP contribution >= 0.6 is 11.3 Å². The van der Waals surface area contributed by atoms with Crippen LogP contribution in [0, 0.1) is 5.92 Å². The van der Waals surface area contributed by atoms with E-state index in [2.05, 4.69) is 23.5 Å². The molecule has 7 heteroatoms. The second kappa shape index (κ2) is 7.65. The minimum Gasteiger partial charge on any atom is -0.326 e. The van der Waals surface area contributed by atoms with Gasteiger partial charge in [-0.1, -0.05) is 36.4 Å². The average Bonchev–Trinajstić information content (AvgIpc) is 3.42. The lowest BCUT2D eigenvalue weighted by Crippen LogP contribution is -2.43. The molecule has 1 unspecified atom stereocenters. The van der Waals surface area contributed by atoms with E-state index < -0.39 is 10.0 Å². The fourth-order valence-electron chi connectivity index (χ4n) is 4.38. The first-order valence-electron chi connectivity index (χ1n) is 10.1. The number of thiophene rings is 1. The van der Waals surface area contributed by atoms with Crippen molar-refractivity contribution in [3.63, 3.8) is 0 Å². The van der Waals surface area contributed by atoms with Gasteiger partial charge in [-0.3, -0.25) is 4.79 Å². The normalized spacial score (nSPS) is 18.6. The van der Waals surface area contributed by atoms with Gasteiger partial charge in [-0.25, -0.2) is 8.42 Å². The predicted octanol–water partition coefficient (Wildman–Crippen LogP) is 4.36. The number of fused-ring (bicyclic) bond motifs is 3. The minimum absolute atomic E-state index is 0.114. The van der Waals surface area contributed by atoms with E-state index in [1.807, 2.05) is 24.3 Å². The number of benzene rings is 2. The maximum atomic E-state index is 12.9. The minimum atomic E-state index is -3.52. The summed E-state index contributed by atoms with van der Waals surface area (Å²) in [6, 6.07) is 17.7. The molecule has 5 rings (SSSR count). The first-order chi connectivity index (χ1) is 14.5. The standard InChI is InChI=1S/C23H22N2O3S2/c26-23(17-6-3-11-25(15-17)30(27,28)22-8-4-12-29-22)24-19-9-10-21-18(14-19)13-16-5-1-2-7-20(16)21/h1-2,4-5,7-10,12,14,17H,3,6,11,13,15H2,(H,24,26). The van der Waals surface area contributed by atoms with Crippen LogP contribution in [0.2, 0.25) is 0 Å². The quantitative estimate of drug-likeness (QED) is 0.515. The molecule has 30 heavy (non-hydrogen) atoms. The topological polar surface area (TPSA) is 66.5 Å². The Kier molecular flexibility index (Phi) is 4.97. The molecule has 0 spiro atoms. The lowest BCUT2D eigenvalue weighted by molar-refractivity contribution is -0.120. The lowest BCUT2D eigenvalue weighted by atomic mass is 9.98. The van der Waals surface area contributed by atoms with Gasteiger partial charge in [0.25, 0.3) is 10.0 Å². The molecular weight excluding hydrogens is 416 g/mol. The molecule has 0 saturated carbocycles. The van der Waals surface area contributed by atoms with Crippen molar-refractivity contribution in [2.24, 2.45) is 5.92 Å². The summed E-state index contributed by atoms with van der Waals surface area (Å²) in [6.07, 6.45) is 2.24. The number of sulfonamides is 1. The summed E-state index contributed by atoms with van der Waals surface area (Å²) in [7, 11) is -3.52. The van der Waals surface area contributed by atoms with E-state index in [0.717, 1.165) is 12.1 Å². The Morgan fingerprint density at radius 1 is 1.03 bits per heavy atom. The van der Waals surface area contributed by atoms with E-state index in [1.165, 1.54) is 37.9 Å². The number of hydrogen-bond donors (Lipinski definition) is 1. The molecule has 2 aliphatic rings. The Labute approximate surface area is 180 Å². The van der Waals surface area contributed by atoms with Gasteiger partial charge in [0.2, 0.25) is 5.91 Å². The van der Waals surface area contributed by atoms with Gasteiger partial charge < -0.3 is 5.32 Å². The second-order valence-electron chi connectivity index (χ2n) is 7.83. The number of carbonyl (C=O) groups excluding carboxylic acids is 1. The van der Waals surface area contributed by atoms with Gasteiger partial charge in [0.1, 0.15) is 4.21 Å². The van der Waals surface area contributed by atoms with Crippen LogP contribution in [-0.4, -0.2) is 31.7 Å². The molecule has 0 radical (unpaired) electrons. The summed E-state index contributed by atoms with van der Waals surface area (Å²) in [5.74, 6) is -0.463. The highest BCUT2D eigenvalue weighted by Crippen LogP contribution is 2.37. The van der Waals surface area contributed by atoms with Crippen LogP contribution in [0.5, 0.6) is 0 Å². The zero-order valence-electron chi connectivity index (χ0n) is 16.4. The predicted molar refractivity (Wildman–Crippen MR) is 119 cm³/mol. The molecule has 0 bridgehead atoms. The number of hydrogen-bond acceptors (Lipinski definition) is 4. The third-order valence-corrected chi connectivity index (χ3v) is 9.14. The maximum absolute atomic E-state index is 12.9. The molecule has 5 nitrogen and oxygen atoms in total. The lowest BCUT2D eigenvalue weighted by Gasteiger charge is -2.30. The van der Waals surface area contributed by atoms with Crippen molar-refractivity contribution in [2.75, 3.05) is 18.4 Å². The fourth-order valence-corrected chi connectivity index (χ4v) is 7.05. The smallest absolute Gasteiger partial charge is 0.252 e. The number of carbonyl (C=O) groups is 1. The molecular formula is C23H22N2O3S2. The zero-order chi connectivity index (χ0) is 20.7. The van der Waals surface area contributed by atoms with Gasteiger partial charge in [-0.2, -0.15) is 4.31 Å². The van der Waals surface area contributed by atoms with Gasteiger partial charge in [0.15, 0.2) is 0 Å². The van der Waals surface area contributed by atoms with Gasteiger partial charge in [0.05, 0.1) is 5.92 Å². The molecule has 1 aliphatic carbocycles. The van der Waals surface area contributed by atoms with E-state index in [1.54, 1.807) is 17.5 Å². The van der Waals surface area contributed by atoms with Crippen LogP contribution in [0.25, 0.3) is 11.1 Å². The summed E-state index contributed by atoms with van der Waals surface area (Å²) in [4.78, 5) is 12.9. The molecule has 2 heterocycles. The van der Waals surface area contributed by atoms with Crippen LogP contribution in [0.15, 0.2) is 64.2 Å². The molecule has 1 fully saturated rings. The Balaban J connectivity index is 1.30. The van der Waals surface area contributed by atoms with E-state index in [-0.39, 0.29) is 18.4 Å². The number of piperidine rings is 1. The summed E-state index contributed by atoms with van der Waals surface area (Å²) < 4.78 is 27.4. The SMILES string of the molecule is O=C(Nc1ccc2c(c1)Cc1ccccc1-2)C1CCCN(S(=O)(=O)c2cccs2)C1. The van der Waals surface area contributed by atoms with Gasteiger partial charge in [-0.15, -0.1) is 11.3 Å². The van der Waals surface area contributed by atoms with E-state index in [0.29, 0.717) is 23.6 Å². The zero-order valence-corrected chi connectivity index (χ0v) is 18.0. The summed E-state index contributed by atoms with van der Waals surface area (Å²) in [6.45, 7) is 0.684. The number of nitrogens with zero attached hydrogens (tertiary/aromatic N) is 1. The number of amides is 1. The van der Waals surface area contributed by atoms with Crippen molar-refractivity contribution in [3.8, 4) is 11.1 Å². The van der Waals surface area contributed by atoms with Crippen molar-refractivity contribution in [1.29, 1.82) is 0 Å². The maximum Gasteiger partial charge on any atom is 0.252 e. The largest absolute Gasteiger partial charge is 0.326 e. The van der Waals surface area contributed by atoms with Crippen molar-refractivity contribution < 1.29 is 13.2 Å². The summed E-state index contributed by atoms with van der Waals surface area (Å²) in [5, 5.41) is 4.77.